The van der Waals surface area contributed by atoms with Crippen LogP contribution in [0.25, 0.3) is 0 Å². The molecule has 0 N–H and O–H groups in total. The second-order valence-corrected chi connectivity index (χ2v) is 5.47. The number of rotatable bonds is 5. The first kappa shape index (κ1) is 12.3. The second kappa shape index (κ2) is 5.48. The van der Waals surface area contributed by atoms with Crippen molar-refractivity contribution in [3.05, 3.63) is 0 Å². The number of hydrogen-bond donors (Lipinski definition) is 0. The van der Waals surface area contributed by atoms with Gasteiger partial charge in [0, 0.05) is 25.2 Å². The molecule has 0 aromatic carbocycles. The van der Waals surface area contributed by atoms with Gasteiger partial charge in [-0.15, -0.1) is 0 Å². The number of morpholine rings is 1. The van der Waals surface area contributed by atoms with E-state index in [0.29, 0.717) is 12.1 Å². The first-order valence-corrected chi connectivity index (χ1v) is 6.83. The Balaban J connectivity index is 1.96. The molecule has 3 nitrogen and oxygen atoms in total. The molecule has 1 aliphatic heterocycles. The zero-order valence-electron chi connectivity index (χ0n) is 11.0. The highest BCUT2D eigenvalue weighted by atomic mass is 16.5. The van der Waals surface area contributed by atoms with Crippen molar-refractivity contribution in [3.8, 4) is 0 Å². The molecule has 0 spiro atoms. The minimum absolute atomic E-state index is 0.536. The maximum atomic E-state index is 5.60. The molecule has 2 atom stereocenters. The van der Waals surface area contributed by atoms with Crippen LogP contribution in [-0.4, -0.2) is 48.4 Å². The van der Waals surface area contributed by atoms with Crippen LogP contribution in [0.4, 0.5) is 0 Å². The Morgan fingerprint density at radius 1 is 1.19 bits per heavy atom. The third kappa shape index (κ3) is 2.96. The summed E-state index contributed by atoms with van der Waals surface area (Å²) in [6.45, 7) is 11.1. The minimum Gasteiger partial charge on any atom is -0.378 e. The topological polar surface area (TPSA) is 15.7 Å². The van der Waals surface area contributed by atoms with Gasteiger partial charge in [-0.2, -0.15) is 0 Å². The Morgan fingerprint density at radius 2 is 1.81 bits per heavy atom. The highest BCUT2D eigenvalue weighted by Gasteiger charge is 2.33. The molecule has 94 valence electrons. The molecule has 0 amide bonds. The van der Waals surface area contributed by atoms with Crippen molar-refractivity contribution in [2.75, 3.05) is 26.3 Å². The fourth-order valence-electron chi connectivity index (χ4n) is 2.71. The van der Waals surface area contributed by atoms with Crippen molar-refractivity contribution in [1.82, 2.24) is 10.0 Å². The SMILES string of the molecule is CCCN(CC1CC1)N1C(C)COCC1C. The molecular weight excluding hydrogens is 200 g/mol. The van der Waals surface area contributed by atoms with Gasteiger partial charge in [-0.05, 0) is 39.0 Å². The van der Waals surface area contributed by atoms with Crippen molar-refractivity contribution in [2.45, 2.75) is 52.1 Å². The molecule has 0 aromatic rings. The number of hydrazine groups is 1. The number of ether oxygens (including phenoxy) is 1. The van der Waals surface area contributed by atoms with Crippen LogP contribution in [0.15, 0.2) is 0 Å². The fraction of sp³-hybridized carbons (Fsp3) is 1.00. The monoisotopic (exact) mass is 226 g/mol. The lowest BCUT2D eigenvalue weighted by molar-refractivity contribution is -0.156. The molecule has 0 bridgehead atoms. The lowest BCUT2D eigenvalue weighted by Gasteiger charge is -2.46. The van der Waals surface area contributed by atoms with E-state index >= 15 is 0 Å². The fourth-order valence-corrected chi connectivity index (χ4v) is 2.71. The highest BCUT2D eigenvalue weighted by Crippen LogP contribution is 2.31. The van der Waals surface area contributed by atoms with E-state index in [1.165, 1.54) is 32.4 Å². The predicted octanol–water partition coefficient (Wildman–Crippen LogP) is 2.13. The first-order chi connectivity index (χ1) is 7.72. The second-order valence-electron chi connectivity index (χ2n) is 5.47. The van der Waals surface area contributed by atoms with E-state index in [4.69, 9.17) is 4.74 Å². The van der Waals surface area contributed by atoms with Crippen molar-refractivity contribution in [3.63, 3.8) is 0 Å². The van der Waals surface area contributed by atoms with Crippen molar-refractivity contribution < 1.29 is 4.74 Å². The maximum absolute atomic E-state index is 5.60. The predicted molar refractivity (Wildman–Crippen MR) is 66.2 cm³/mol. The van der Waals surface area contributed by atoms with Gasteiger partial charge in [-0.3, -0.25) is 0 Å². The summed E-state index contributed by atoms with van der Waals surface area (Å²) in [5.41, 5.74) is 0. The van der Waals surface area contributed by atoms with E-state index in [-0.39, 0.29) is 0 Å². The zero-order chi connectivity index (χ0) is 11.5. The largest absolute Gasteiger partial charge is 0.378 e. The van der Waals surface area contributed by atoms with E-state index in [9.17, 15) is 0 Å². The van der Waals surface area contributed by atoms with Crippen LogP contribution >= 0.6 is 0 Å². The quantitative estimate of drug-likeness (QED) is 0.714. The standard InChI is InChI=1S/C13H26N2O/c1-4-7-14(8-13-5-6-13)15-11(2)9-16-10-12(15)3/h11-13H,4-10H2,1-3H3. The van der Waals surface area contributed by atoms with Gasteiger partial charge in [0.1, 0.15) is 0 Å². The van der Waals surface area contributed by atoms with Gasteiger partial charge in [-0.1, -0.05) is 6.92 Å². The molecule has 1 saturated heterocycles. The van der Waals surface area contributed by atoms with Crippen LogP contribution in [0.2, 0.25) is 0 Å². The Morgan fingerprint density at radius 3 is 2.31 bits per heavy atom. The van der Waals surface area contributed by atoms with Gasteiger partial charge in [0.05, 0.1) is 13.2 Å². The van der Waals surface area contributed by atoms with Gasteiger partial charge < -0.3 is 4.74 Å². The van der Waals surface area contributed by atoms with Crippen LogP contribution in [0.1, 0.15) is 40.0 Å². The van der Waals surface area contributed by atoms with E-state index in [0.717, 1.165) is 19.1 Å². The first-order valence-electron chi connectivity index (χ1n) is 6.83. The Kier molecular flexibility index (Phi) is 4.22. The summed E-state index contributed by atoms with van der Waals surface area (Å²) >= 11 is 0. The average molecular weight is 226 g/mol. The molecule has 2 aliphatic rings. The summed E-state index contributed by atoms with van der Waals surface area (Å²) < 4.78 is 5.60. The number of nitrogens with zero attached hydrogens (tertiary/aromatic N) is 2. The van der Waals surface area contributed by atoms with Gasteiger partial charge in [0.2, 0.25) is 0 Å². The molecule has 2 unspecified atom stereocenters. The summed E-state index contributed by atoms with van der Waals surface area (Å²) in [5, 5.41) is 5.17. The van der Waals surface area contributed by atoms with E-state index in [2.05, 4.69) is 30.8 Å². The third-order valence-corrected chi connectivity index (χ3v) is 3.60. The average Bonchev–Trinajstić information content (AvgIpc) is 3.01. The highest BCUT2D eigenvalue weighted by molar-refractivity contribution is 4.81. The summed E-state index contributed by atoms with van der Waals surface area (Å²) in [6, 6.07) is 1.07. The van der Waals surface area contributed by atoms with Gasteiger partial charge in [0.15, 0.2) is 0 Å². The maximum Gasteiger partial charge on any atom is 0.0634 e. The van der Waals surface area contributed by atoms with Crippen molar-refractivity contribution in [2.24, 2.45) is 5.92 Å². The van der Waals surface area contributed by atoms with Crippen molar-refractivity contribution in [1.29, 1.82) is 0 Å². The molecule has 2 fully saturated rings. The zero-order valence-corrected chi connectivity index (χ0v) is 11.0. The van der Waals surface area contributed by atoms with Gasteiger partial charge >= 0.3 is 0 Å². The molecule has 3 heteroatoms. The molecule has 2 rings (SSSR count). The van der Waals surface area contributed by atoms with Crippen LogP contribution in [-0.2, 0) is 4.74 Å². The van der Waals surface area contributed by atoms with E-state index in [1.54, 1.807) is 0 Å². The molecule has 1 saturated carbocycles. The van der Waals surface area contributed by atoms with Crippen LogP contribution in [0.5, 0.6) is 0 Å². The normalized spacial score (nSPS) is 32.2. The Bertz CT molecular complexity index is 208. The van der Waals surface area contributed by atoms with Gasteiger partial charge in [0.25, 0.3) is 0 Å². The van der Waals surface area contributed by atoms with Crippen LogP contribution in [0, 0.1) is 5.92 Å². The Labute approximate surface area is 99.7 Å². The molecule has 16 heavy (non-hydrogen) atoms. The van der Waals surface area contributed by atoms with Gasteiger partial charge in [-0.25, -0.2) is 10.0 Å². The van der Waals surface area contributed by atoms with Crippen LogP contribution < -0.4 is 0 Å². The minimum atomic E-state index is 0.536. The Hall–Kier alpha value is -0.120. The molecule has 0 radical (unpaired) electrons. The molecule has 1 aliphatic carbocycles. The lowest BCUT2D eigenvalue weighted by atomic mass is 10.2. The summed E-state index contributed by atoms with van der Waals surface area (Å²) in [6.07, 6.45) is 4.12. The molecule has 1 heterocycles. The summed E-state index contributed by atoms with van der Waals surface area (Å²) in [7, 11) is 0. The van der Waals surface area contributed by atoms with Crippen LogP contribution in [0.3, 0.4) is 0 Å². The molecular formula is C13H26N2O. The van der Waals surface area contributed by atoms with E-state index in [1.807, 2.05) is 0 Å². The van der Waals surface area contributed by atoms with E-state index < -0.39 is 0 Å². The number of hydrogen-bond acceptors (Lipinski definition) is 3. The van der Waals surface area contributed by atoms with Crippen molar-refractivity contribution >= 4 is 0 Å². The summed E-state index contributed by atoms with van der Waals surface area (Å²) in [4.78, 5) is 0. The lowest BCUT2D eigenvalue weighted by Crippen LogP contribution is -2.58. The third-order valence-electron chi connectivity index (χ3n) is 3.60. The smallest absolute Gasteiger partial charge is 0.0634 e. The molecule has 0 aromatic heterocycles. The summed E-state index contributed by atoms with van der Waals surface area (Å²) in [5.74, 6) is 0.966.